The molecule has 0 aromatic heterocycles. The van der Waals surface area contributed by atoms with Crippen molar-refractivity contribution in [2.24, 2.45) is 0 Å². The molecule has 9 heteroatoms. The monoisotopic (exact) mass is 1340 g/mol. The number of aliphatic hydroxyl groups is 2. The van der Waals surface area contributed by atoms with Crippen LogP contribution in [-0.4, -0.2) is 48.5 Å². The van der Waals surface area contributed by atoms with Gasteiger partial charge in [0.15, 0.2) is 0 Å². The van der Waals surface area contributed by atoms with Crippen LogP contribution in [0.1, 0.15) is 71.2 Å². The van der Waals surface area contributed by atoms with E-state index < -0.39 is 17.9 Å². The number of hydrogen-bond donors (Lipinski definition) is 6. The van der Waals surface area contributed by atoms with Crippen molar-refractivity contribution in [2.45, 2.75) is 25.2 Å². The van der Waals surface area contributed by atoms with Gasteiger partial charge in [-0.25, -0.2) is 14.4 Å². The Bertz CT molecular complexity index is 10300. The minimum absolute atomic E-state index is 0.111. The summed E-state index contributed by atoms with van der Waals surface area (Å²) in [6, 6.07) is 27.4. The zero-order valence-electron chi connectivity index (χ0n) is 54.4. The first-order chi connectivity index (χ1) is 51.9. The van der Waals surface area contributed by atoms with E-state index in [1.54, 1.807) is 6.07 Å². The van der Waals surface area contributed by atoms with Crippen molar-refractivity contribution in [1.29, 1.82) is 0 Å². The lowest BCUT2D eigenvalue weighted by Gasteiger charge is -2.38. The molecule has 6 N–H and O–H groups in total. The number of aliphatic hydroxyl groups excluding tert-OH is 2. The van der Waals surface area contributed by atoms with E-state index in [9.17, 15) is 40.2 Å². The molecule has 1 atom stereocenters. The lowest BCUT2D eigenvalue weighted by atomic mass is 9.63. The third-order valence-corrected chi connectivity index (χ3v) is 30.5. The lowest BCUT2D eigenvalue weighted by molar-refractivity contribution is 0.0688. The third-order valence-electron chi connectivity index (χ3n) is 30.5. The highest BCUT2D eigenvalue weighted by molar-refractivity contribution is 6.74. The zero-order chi connectivity index (χ0) is 67.6. The number of phenolic OH excluding ortho intramolecular Hbond substituents is 1. The Labute approximate surface area is 583 Å². The van der Waals surface area contributed by atoms with Crippen LogP contribution in [0.25, 0.3) is 336 Å². The first-order valence-corrected chi connectivity index (χ1v) is 36.8. The van der Waals surface area contributed by atoms with Gasteiger partial charge >= 0.3 is 17.9 Å². The number of phenols is 1. The first kappa shape index (κ1) is 48.1. The van der Waals surface area contributed by atoms with E-state index in [0.29, 0.717) is 51.6 Å². The van der Waals surface area contributed by atoms with E-state index in [4.69, 9.17) is 0 Å². The Hall–Kier alpha value is -13.9. The van der Waals surface area contributed by atoms with E-state index in [1.807, 2.05) is 12.1 Å². The number of allylic oxidation sites excluding steroid dienone is 3. The second-order valence-electron chi connectivity index (χ2n) is 33.5. The number of aromatic carboxylic acids is 3. The summed E-state index contributed by atoms with van der Waals surface area (Å²) in [4.78, 5) is 44.0. The molecule has 0 saturated carbocycles. The Morgan fingerprint density at radius 3 is 1.39 bits per heavy atom. The maximum Gasteiger partial charge on any atom is 0.336 e. The molecule has 0 spiro atoms. The van der Waals surface area contributed by atoms with Gasteiger partial charge in [0.1, 0.15) is 17.3 Å². The van der Waals surface area contributed by atoms with Crippen molar-refractivity contribution < 1.29 is 45.0 Å². The molecule has 0 fully saturated rings. The molecule has 9 nitrogen and oxygen atoms in total. The minimum atomic E-state index is -1.05. The van der Waals surface area contributed by atoms with Crippen molar-refractivity contribution in [3.63, 3.8) is 0 Å². The van der Waals surface area contributed by atoms with Crippen LogP contribution in [0.5, 0.6) is 5.75 Å². The molecule has 0 bridgehead atoms. The summed E-state index contributed by atoms with van der Waals surface area (Å²) in [5.41, 5.74) is 7.13. The number of carboxylic acids is 3. The van der Waals surface area contributed by atoms with Crippen molar-refractivity contribution >= 4 is 353 Å². The summed E-state index contributed by atoms with van der Waals surface area (Å²) >= 11 is 0. The van der Waals surface area contributed by atoms with Gasteiger partial charge in [0.25, 0.3) is 0 Å². The summed E-state index contributed by atoms with van der Waals surface area (Å²) in [5, 5.41) is 137. The fraction of sp³-hybridized carbons (Fsp3) is 0.0412. The molecular weight excluding hydrogens is 1310 g/mol. The second-order valence-corrected chi connectivity index (χ2v) is 33.5. The van der Waals surface area contributed by atoms with Gasteiger partial charge in [0, 0.05) is 98.5 Å². The summed E-state index contributed by atoms with van der Waals surface area (Å²) in [5.74, 6) is -2.69. The van der Waals surface area contributed by atoms with Crippen molar-refractivity contribution in [3.05, 3.63) is 157 Å². The van der Waals surface area contributed by atoms with Crippen molar-refractivity contribution in [2.75, 3.05) is 0 Å². The molecule has 1 unspecified atom stereocenters. The maximum absolute atomic E-state index is 15.6. The molecule has 0 radical (unpaired) electrons. The summed E-state index contributed by atoms with van der Waals surface area (Å²) in [6.07, 6.45) is 10.4. The van der Waals surface area contributed by atoms with Gasteiger partial charge < -0.3 is 30.6 Å². The van der Waals surface area contributed by atoms with Gasteiger partial charge in [-0.2, -0.15) is 0 Å². The van der Waals surface area contributed by atoms with Gasteiger partial charge in [0.2, 0.25) is 0 Å². The number of benzene rings is 30. The van der Waals surface area contributed by atoms with E-state index in [0.717, 1.165) is 296 Å². The highest BCUT2D eigenvalue weighted by Crippen LogP contribution is 2.73. The quantitative estimate of drug-likeness (QED) is 0.0744. The predicted octanol–water partition coefficient (Wildman–Crippen LogP) is 22.0. The van der Waals surface area contributed by atoms with Crippen LogP contribution in [0.4, 0.5) is 0 Å². The van der Waals surface area contributed by atoms with Gasteiger partial charge in [-0.05, 0) is 355 Å². The summed E-state index contributed by atoms with van der Waals surface area (Å²) in [7, 11) is 0. The number of carbonyl (C=O) groups is 3. The van der Waals surface area contributed by atoms with E-state index in [2.05, 4.69) is 85.0 Å². The van der Waals surface area contributed by atoms with E-state index in [-0.39, 0.29) is 39.9 Å². The first-order valence-electron chi connectivity index (χ1n) is 36.8. The molecule has 5 aliphatic rings. The van der Waals surface area contributed by atoms with Crippen LogP contribution in [0, 0.1) is 0 Å². The Morgan fingerprint density at radius 1 is 0.330 bits per heavy atom. The van der Waals surface area contributed by atoms with E-state index in [1.165, 1.54) is 32.7 Å². The van der Waals surface area contributed by atoms with Gasteiger partial charge in [0.05, 0.1) is 16.7 Å². The normalized spacial score (nSPS) is 16.9. The third kappa shape index (κ3) is 3.78. The standard InChI is InChI=1S/C97H30O9/c98-43-10-9-28-32-6-5-31-27-7-8-33(95(101)102)34-12-23-18-41-62-70-47(23)64(51(27)34)76-56(31)57(32)77-65-48-25(14-37(43)52(28)65)16-39-53(97(105)106)40-17-26-15-38-44(99)20-22-2-4-30-29-3-1-21-11-36(96(103)104)35-13-24-19-42(94(41)100)63-71-49(24)66-58(35)45(21)54(29)74-75-55(30)46(22)59(38)67-50(26)69-61(40)72-60(39)68(48)80-87(77)86(76)82(70)92-85(73(62)63)93-83(71)88(78(66)74)89(79(67)75)81(69)91(93)84(72)90(80)92/h1-4,6-8,10-19,30,98-100H,5,9,20H2,(H,101,102)(H,103,104)(H,105,106). The summed E-state index contributed by atoms with van der Waals surface area (Å²) < 4.78 is 0. The molecule has 106 heavy (non-hydrogen) atoms. The fourth-order valence-corrected chi connectivity index (χ4v) is 28.0. The molecule has 0 heterocycles. The molecule has 0 aliphatic heterocycles. The number of rotatable bonds is 3. The van der Waals surface area contributed by atoms with Gasteiger partial charge in [-0.15, -0.1) is 0 Å². The van der Waals surface area contributed by atoms with Crippen LogP contribution in [-0.2, 0) is 12.8 Å². The summed E-state index contributed by atoms with van der Waals surface area (Å²) in [6.45, 7) is 0. The van der Waals surface area contributed by atoms with Crippen LogP contribution in [0.2, 0.25) is 0 Å². The average molecular weight is 1340 g/mol. The van der Waals surface area contributed by atoms with Crippen LogP contribution < -0.4 is 15.7 Å². The smallest absolute Gasteiger partial charge is 0.336 e. The molecule has 35 rings (SSSR count). The molecule has 0 saturated heterocycles. The number of carboxylic acid groups (broad SMARTS) is 3. The minimum Gasteiger partial charge on any atom is -0.511 e. The van der Waals surface area contributed by atoms with Crippen LogP contribution in [0.3, 0.4) is 0 Å². The lowest BCUT2D eigenvalue weighted by Crippen LogP contribution is -2.31. The number of aromatic hydroxyl groups is 1. The molecular formula is C97H30O9. The SMILES string of the molecule is O=C(O)c1ccc2c3c4c5c(c6c7c(cc8cc9c(C(=O)O)c%10cc%11cc%12c%13c%14c%15c%16c%17c%18c(ccc%19cc(C(=O)O)c%20cc%21cc%22c(O)c%23cc%24cc1c2c1c%24c2c%23c%23c%22c%22c%21c(c%20c%19%18)c%17c%17c%18c%16c%13c%11c%11c%10c%10c9c9c8c7c5c5c(c41)c2c1c%23c(c%22%17)c(c%11%18)c%10c1c95)C%15C=CC=%14CC=%12O)C(O)=CC6)=CC3. The molecule has 5 aliphatic carbocycles. The van der Waals surface area contributed by atoms with E-state index >= 15 is 4.79 Å². The van der Waals surface area contributed by atoms with Crippen molar-refractivity contribution in [3.8, 4) is 5.75 Å². The van der Waals surface area contributed by atoms with Crippen LogP contribution in [0.15, 0.2) is 97.1 Å². The molecule has 472 valence electrons. The second kappa shape index (κ2) is 13.2. The number of fused-ring (bicyclic) bond motifs is 3. The van der Waals surface area contributed by atoms with Crippen LogP contribution >= 0.6 is 0 Å². The Morgan fingerprint density at radius 2 is 0.783 bits per heavy atom. The topological polar surface area (TPSA) is 173 Å². The van der Waals surface area contributed by atoms with Crippen molar-refractivity contribution in [1.82, 2.24) is 0 Å². The molecule has 0 amide bonds. The fourth-order valence-electron chi connectivity index (χ4n) is 28.0. The average Bonchev–Trinajstić information content (AvgIpc) is 0.608. The highest BCUT2D eigenvalue weighted by atomic mass is 16.4. The van der Waals surface area contributed by atoms with Gasteiger partial charge in [-0.3, -0.25) is 0 Å². The Balaban J connectivity index is 0.993. The predicted molar refractivity (Wildman–Crippen MR) is 431 cm³/mol. The Kier molecular flexibility index (Phi) is 5.97. The maximum atomic E-state index is 15.6. The highest BCUT2D eigenvalue weighted by Gasteiger charge is 2.46. The van der Waals surface area contributed by atoms with Gasteiger partial charge in [-0.1, -0.05) is 36.4 Å². The molecule has 30 aromatic carbocycles. The number of hydrogen-bond acceptors (Lipinski definition) is 6. The largest absolute Gasteiger partial charge is 0.511 e. The molecule has 30 aromatic rings. The zero-order valence-corrected chi connectivity index (χ0v) is 54.4.